The molecule has 2 amide bonds. The molecule has 29 heavy (non-hydrogen) atoms. The number of carbonyl (C=O) groups is 1. The lowest BCUT2D eigenvalue weighted by molar-refractivity contribution is 0.206. The number of urea groups is 1. The lowest BCUT2D eigenvalue weighted by Crippen LogP contribution is -2.41. The van der Waals surface area contributed by atoms with Crippen molar-refractivity contribution in [2.24, 2.45) is 5.92 Å². The monoisotopic (exact) mass is 411 g/mol. The van der Waals surface area contributed by atoms with Crippen LogP contribution in [0.3, 0.4) is 0 Å². The van der Waals surface area contributed by atoms with E-state index >= 15 is 0 Å². The molecule has 1 aromatic heterocycles. The van der Waals surface area contributed by atoms with Crippen LogP contribution in [0.2, 0.25) is 0 Å². The van der Waals surface area contributed by atoms with Gasteiger partial charge in [0.25, 0.3) is 0 Å². The molecule has 1 saturated heterocycles. The van der Waals surface area contributed by atoms with E-state index in [1.807, 2.05) is 42.3 Å². The first-order valence-corrected chi connectivity index (χ1v) is 11.6. The van der Waals surface area contributed by atoms with E-state index in [1.54, 1.807) is 11.8 Å². The molecular formula is C22H29N5OS. The highest BCUT2D eigenvalue weighted by molar-refractivity contribution is 7.98. The van der Waals surface area contributed by atoms with Gasteiger partial charge in [-0.2, -0.15) is 0 Å². The molecule has 1 fully saturated rings. The highest BCUT2D eigenvalue weighted by Crippen LogP contribution is 2.30. The number of aryl methyl sites for hydroxylation is 1. The van der Waals surface area contributed by atoms with Crippen LogP contribution in [0.4, 0.5) is 16.3 Å². The molecule has 2 aromatic rings. The zero-order valence-corrected chi connectivity index (χ0v) is 18.3. The Kier molecular flexibility index (Phi) is 5.94. The summed E-state index contributed by atoms with van der Waals surface area (Å²) < 4.78 is 0. The summed E-state index contributed by atoms with van der Waals surface area (Å²) in [6.45, 7) is 7.57. The lowest BCUT2D eigenvalue weighted by atomic mass is 9.98. The molecule has 0 atom stereocenters. The molecule has 4 rings (SSSR count). The fourth-order valence-electron chi connectivity index (χ4n) is 4.05. The Labute approximate surface area is 177 Å². The molecule has 0 radical (unpaired) electrons. The van der Waals surface area contributed by atoms with Crippen molar-refractivity contribution in [3.8, 4) is 0 Å². The maximum Gasteiger partial charge on any atom is 0.322 e. The topological polar surface area (TPSA) is 61.4 Å². The highest BCUT2D eigenvalue weighted by atomic mass is 32.2. The van der Waals surface area contributed by atoms with Crippen LogP contribution < -0.4 is 10.2 Å². The molecule has 2 aliphatic rings. The van der Waals surface area contributed by atoms with Gasteiger partial charge >= 0.3 is 6.03 Å². The van der Waals surface area contributed by atoms with E-state index < -0.39 is 0 Å². The molecule has 154 valence electrons. The predicted molar refractivity (Wildman–Crippen MR) is 119 cm³/mol. The maximum atomic E-state index is 12.9. The zero-order valence-electron chi connectivity index (χ0n) is 17.4. The zero-order chi connectivity index (χ0) is 20.4. The number of nitrogens with one attached hydrogen (secondary N) is 1. The highest BCUT2D eigenvalue weighted by Gasteiger charge is 2.28. The average Bonchev–Trinajstić information content (AvgIpc) is 2.74. The molecule has 1 N–H and O–H groups in total. The van der Waals surface area contributed by atoms with Crippen LogP contribution >= 0.6 is 11.8 Å². The second-order valence-electron chi connectivity index (χ2n) is 8.02. The number of amides is 2. The van der Waals surface area contributed by atoms with E-state index in [9.17, 15) is 4.79 Å². The van der Waals surface area contributed by atoms with Crippen LogP contribution in [0.25, 0.3) is 0 Å². The van der Waals surface area contributed by atoms with E-state index in [0.29, 0.717) is 13.1 Å². The third-order valence-electron chi connectivity index (χ3n) is 5.86. The van der Waals surface area contributed by atoms with Crippen LogP contribution in [-0.2, 0) is 13.0 Å². The molecule has 7 heteroatoms. The molecule has 2 aliphatic heterocycles. The number of hydrogen-bond acceptors (Lipinski definition) is 5. The summed E-state index contributed by atoms with van der Waals surface area (Å²) in [5, 5.41) is 3.03. The van der Waals surface area contributed by atoms with Crippen molar-refractivity contribution in [3.63, 3.8) is 0 Å². The normalized spacial score (nSPS) is 17.2. The molecule has 0 aliphatic carbocycles. The van der Waals surface area contributed by atoms with Crippen LogP contribution in [0.15, 0.2) is 29.2 Å². The number of anilines is 2. The molecule has 1 aromatic carbocycles. The summed E-state index contributed by atoms with van der Waals surface area (Å²) in [6, 6.07) is 7.89. The number of fused-ring (bicyclic) bond motifs is 1. The fraction of sp³-hybridized carbons (Fsp3) is 0.500. The first-order chi connectivity index (χ1) is 14.0. The second-order valence-corrected chi connectivity index (χ2v) is 8.90. The quantitative estimate of drug-likeness (QED) is 0.762. The number of hydrogen-bond donors (Lipinski definition) is 1. The fourth-order valence-corrected chi connectivity index (χ4v) is 4.46. The molecule has 3 heterocycles. The summed E-state index contributed by atoms with van der Waals surface area (Å²) in [7, 11) is 0. The van der Waals surface area contributed by atoms with Crippen molar-refractivity contribution in [3.05, 3.63) is 41.3 Å². The van der Waals surface area contributed by atoms with Crippen molar-refractivity contribution < 1.29 is 4.79 Å². The second kappa shape index (κ2) is 8.61. The third-order valence-corrected chi connectivity index (χ3v) is 6.61. The van der Waals surface area contributed by atoms with Crippen molar-refractivity contribution in [1.82, 2.24) is 14.9 Å². The first kappa shape index (κ1) is 20.0. The number of nitrogens with zero attached hydrogens (tertiary/aromatic N) is 4. The van der Waals surface area contributed by atoms with Gasteiger partial charge in [-0.3, -0.25) is 0 Å². The Morgan fingerprint density at radius 2 is 1.86 bits per heavy atom. The van der Waals surface area contributed by atoms with Crippen LogP contribution in [0, 0.1) is 12.8 Å². The SMILES string of the molecule is CSc1ccc(NC(=O)N2CCc3nc(C)nc(N4CCC(C)CC4)c3C2)cc1. The van der Waals surface area contributed by atoms with Crippen LogP contribution in [-0.4, -0.2) is 46.8 Å². The number of thioether (sulfide) groups is 1. The van der Waals surface area contributed by atoms with Gasteiger partial charge in [-0.05, 0) is 56.2 Å². The number of piperidine rings is 1. The van der Waals surface area contributed by atoms with Gasteiger partial charge in [0, 0.05) is 42.2 Å². The van der Waals surface area contributed by atoms with Gasteiger partial charge in [0.15, 0.2) is 0 Å². The molecular weight excluding hydrogens is 382 g/mol. The minimum atomic E-state index is -0.0636. The summed E-state index contributed by atoms with van der Waals surface area (Å²) in [6.07, 6.45) is 5.19. The van der Waals surface area contributed by atoms with E-state index in [1.165, 1.54) is 17.7 Å². The first-order valence-electron chi connectivity index (χ1n) is 10.3. The molecule has 0 spiro atoms. The standard InChI is InChI=1S/C22H29N5OS/c1-15-8-11-26(12-9-15)21-19-14-27(13-10-20(19)23-16(2)24-21)22(28)25-17-4-6-18(29-3)7-5-17/h4-7,15H,8-14H2,1-3H3,(H,25,28). The van der Waals surface area contributed by atoms with Crippen LogP contribution in [0.1, 0.15) is 36.8 Å². The number of benzene rings is 1. The number of carbonyl (C=O) groups excluding carboxylic acids is 1. The lowest BCUT2D eigenvalue weighted by Gasteiger charge is -2.36. The van der Waals surface area contributed by atoms with Crippen molar-refractivity contribution in [2.75, 3.05) is 36.1 Å². The van der Waals surface area contributed by atoms with Gasteiger partial charge in [0.1, 0.15) is 11.6 Å². The Morgan fingerprint density at radius 1 is 1.14 bits per heavy atom. The van der Waals surface area contributed by atoms with Crippen molar-refractivity contribution in [2.45, 2.75) is 44.6 Å². The molecule has 0 saturated carbocycles. The van der Waals surface area contributed by atoms with Gasteiger partial charge in [-0.15, -0.1) is 11.8 Å². The Morgan fingerprint density at radius 3 is 2.55 bits per heavy atom. The van der Waals surface area contributed by atoms with Crippen molar-refractivity contribution in [1.29, 1.82) is 0 Å². The molecule has 0 unspecified atom stereocenters. The summed E-state index contributed by atoms with van der Waals surface area (Å²) in [4.78, 5) is 27.8. The average molecular weight is 412 g/mol. The molecule has 6 nitrogen and oxygen atoms in total. The predicted octanol–water partition coefficient (Wildman–Crippen LogP) is 4.33. The van der Waals surface area contributed by atoms with Crippen LogP contribution in [0.5, 0.6) is 0 Å². The van der Waals surface area contributed by atoms with Gasteiger partial charge in [-0.25, -0.2) is 14.8 Å². The third kappa shape index (κ3) is 4.50. The molecule has 0 bridgehead atoms. The van der Waals surface area contributed by atoms with E-state index in [4.69, 9.17) is 4.98 Å². The maximum absolute atomic E-state index is 12.9. The Bertz CT molecular complexity index is 878. The Balaban J connectivity index is 1.51. The van der Waals surface area contributed by atoms with E-state index in [0.717, 1.165) is 54.0 Å². The minimum absolute atomic E-state index is 0.0636. The van der Waals surface area contributed by atoms with Gasteiger partial charge < -0.3 is 15.1 Å². The van der Waals surface area contributed by atoms with Gasteiger partial charge in [0.2, 0.25) is 0 Å². The minimum Gasteiger partial charge on any atom is -0.356 e. The summed E-state index contributed by atoms with van der Waals surface area (Å²) in [5.41, 5.74) is 3.03. The smallest absolute Gasteiger partial charge is 0.322 e. The van der Waals surface area contributed by atoms with E-state index in [2.05, 4.69) is 22.1 Å². The Hall–Kier alpha value is -2.28. The number of aromatic nitrogens is 2. The number of rotatable bonds is 3. The largest absolute Gasteiger partial charge is 0.356 e. The summed E-state index contributed by atoms with van der Waals surface area (Å²) in [5.74, 6) is 2.62. The van der Waals surface area contributed by atoms with Crippen molar-refractivity contribution >= 4 is 29.3 Å². The van der Waals surface area contributed by atoms with Gasteiger partial charge in [-0.1, -0.05) is 6.92 Å². The summed E-state index contributed by atoms with van der Waals surface area (Å²) >= 11 is 1.69. The van der Waals surface area contributed by atoms with E-state index in [-0.39, 0.29) is 6.03 Å². The van der Waals surface area contributed by atoms with Gasteiger partial charge in [0.05, 0.1) is 12.2 Å².